The van der Waals surface area contributed by atoms with E-state index in [0.29, 0.717) is 17.4 Å². The molecule has 3 nitrogen and oxygen atoms in total. The molecule has 3 heteroatoms. The Bertz CT molecular complexity index is 495. The summed E-state index contributed by atoms with van der Waals surface area (Å²) in [5.74, 6) is 0.653. The minimum absolute atomic E-state index is 0. The van der Waals surface area contributed by atoms with Gasteiger partial charge in [-0.2, -0.15) is 0 Å². The number of nitrogens with two attached hydrogens (primary N) is 1. The van der Waals surface area contributed by atoms with Crippen LogP contribution in [-0.4, -0.2) is 16.9 Å². The van der Waals surface area contributed by atoms with Crippen LogP contribution in [0.1, 0.15) is 75.2 Å². The molecule has 1 aromatic rings. The van der Waals surface area contributed by atoms with Gasteiger partial charge in [0.05, 0.1) is 5.60 Å². The molecule has 0 spiro atoms. The first-order chi connectivity index (χ1) is 11.4. The van der Waals surface area contributed by atoms with Crippen molar-refractivity contribution in [2.24, 2.45) is 17.1 Å². The van der Waals surface area contributed by atoms with Gasteiger partial charge < -0.3 is 5.73 Å². The third-order valence-electron chi connectivity index (χ3n) is 3.15. The van der Waals surface area contributed by atoms with Crippen molar-refractivity contribution in [1.29, 1.82) is 0 Å². The third-order valence-corrected chi connectivity index (χ3v) is 3.15. The molecule has 2 rings (SSSR count). The van der Waals surface area contributed by atoms with Crippen molar-refractivity contribution in [1.82, 2.24) is 0 Å². The Kier molecular flexibility index (Phi) is 10.2. The standard InChI is InChI=1S/C13H17N.C5H12.C4H10O2.H2/c1-2-11(12-9-13(12)14)8-10-6-4-3-5-7-10;1-5(2,3)4;1-4(2,3)6-5;/h3-8,12-13H,2,9,14H2,1H3;1-4H3;5H,1-3H3;1H/b11-8+;;;/t12-,13+;;;/m0.../s1. The molecule has 1 fully saturated rings. The Morgan fingerprint density at radius 2 is 1.56 bits per heavy atom. The van der Waals surface area contributed by atoms with E-state index in [4.69, 9.17) is 11.0 Å². The monoisotopic (exact) mass is 351 g/mol. The molecule has 1 aromatic carbocycles. The Hall–Kier alpha value is -1.16. The van der Waals surface area contributed by atoms with Crippen molar-refractivity contribution in [3.63, 3.8) is 0 Å². The van der Waals surface area contributed by atoms with Crippen molar-refractivity contribution < 1.29 is 11.6 Å². The topological polar surface area (TPSA) is 55.5 Å². The zero-order chi connectivity index (χ0) is 19.7. The van der Waals surface area contributed by atoms with E-state index in [1.54, 1.807) is 20.8 Å². The SMILES string of the molecule is CC(C)(C)C.CC(C)(C)OO.CC/C(=C\c1ccccc1)[C@@H]1C[C@H]1N.[HH]. The molecule has 0 bridgehead atoms. The van der Waals surface area contributed by atoms with E-state index in [0.717, 1.165) is 6.42 Å². The second kappa shape index (κ2) is 10.7. The maximum atomic E-state index is 7.90. The fourth-order valence-corrected chi connectivity index (χ4v) is 1.88. The van der Waals surface area contributed by atoms with Crippen LogP contribution in [0.3, 0.4) is 0 Å². The summed E-state index contributed by atoms with van der Waals surface area (Å²) in [5, 5.41) is 7.90. The summed E-state index contributed by atoms with van der Waals surface area (Å²) in [7, 11) is 0. The lowest BCUT2D eigenvalue weighted by molar-refractivity contribution is -0.306. The predicted octanol–water partition coefficient (Wildman–Crippen LogP) is 6.40. The van der Waals surface area contributed by atoms with Crippen LogP contribution >= 0.6 is 0 Å². The Labute approximate surface area is 156 Å². The molecule has 2 atom stereocenters. The smallest absolute Gasteiger partial charge is 0.0949 e. The Morgan fingerprint density at radius 3 is 1.84 bits per heavy atom. The van der Waals surface area contributed by atoms with E-state index in [-0.39, 0.29) is 1.43 Å². The van der Waals surface area contributed by atoms with Gasteiger partial charge in [0, 0.05) is 7.47 Å². The summed E-state index contributed by atoms with van der Waals surface area (Å²) < 4.78 is 0. The van der Waals surface area contributed by atoms with Crippen molar-refractivity contribution >= 4 is 6.08 Å². The molecule has 1 aliphatic carbocycles. The van der Waals surface area contributed by atoms with Crippen LogP contribution in [0, 0.1) is 11.3 Å². The molecule has 1 saturated carbocycles. The summed E-state index contributed by atoms with van der Waals surface area (Å²) in [6, 6.07) is 10.9. The molecule has 146 valence electrons. The lowest BCUT2D eigenvalue weighted by Crippen LogP contribution is -2.15. The zero-order valence-electron chi connectivity index (χ0n) is 17.5. The Balaban J connectivity index is 0. The normalized spacial score (nSPS) is 20.0. The average Bonchev–Trinajstić information content (AvgIpc) is 3.21. The molecule has 0 saturated heterocycles. The lowest BCUT2D eigenvalue weighted by atomic mass is 10.0. The highest BCUT2D eigenvalue weighted by Crippen LogP contribution is 2.37. The highest BCUT2D eigenvalue weighted by Gasteiger charge is 2.35. The highest BCUT2D eigenvalue weighted by molar-refractivity contribution is 5.54. The summed E-state index contributed by atoms with van der Waals surface area (Å²) in [5.41, 5.74) is 8.75. The zero-order valence-corrected chi connectivity index (χ0v) is 17.5. The first-order valence-electron chi connectivity index (χ1n) is 9.21. The summed E-state index contributed by atoms with van der Waals surface area (Å²) in [4.78, 5) is 3.94. The minimum Gasteiger partial charge on any atom is -0.327 e. The molecular formula is C22H41NO2. The van der Waals surface area contributed by atoms with E-state index < -0.39 is 5.60 Å². The van der Waals surface area contributed by atoms with Crippen LogP contribution in [0.4, 0.5) is 0 Å². The second-order valence-electron chi connectivity index (χ2n) is 9.19. The predicted molar refractivity (Wildman–Crippen MR) is 112 cm³/mol. The summed E-state index contributed by atoms with van der Waals surface area (Å²) in [6.07, 6.45) is 4.58. The molecule has 0 aromatic heterocycles. The van der Waals surface area contributed by atoms with Gasteiger partial charge in [0.2, 0.25) is 0 Å². The van der Waals surface area contributed by atoms with Crippen molar-refractivity contribution in [3.8, 4) is 0 Å². The third kappa shape index (κ3) is 14.9. The van der Waals surface area contributed by atoms with Gasteiger partial charge in [-0.1, -0.05) is 76.6 Å². The van der Waals surface area contributed by atoms with Gasteiger partial charge in [-0.05, 0) is 50.5 Å². The highest BCUT2D eigenvalue weighted by atomic mass is 17.1. The summed E-state index contributed by atoms with van der Waals surface area (Å²) in [6.45, 7) is 16.3. The maximum absolute atomic E-state index is 7.90. The van der Waals surface area contributed by atoms with Gasteiger partial charge >= 0.3 is 0 Å². The summed E-state index contributed by atoms with van der Waals surface area (Å²) >= 11 is 0. The quantitative estimate of drug-likeness (QED) is 0.489. The van der Waals surface area contributed by atoms with E-state index in [9.17, 15) is 0 Å². The molecule has 0 heterocycles. The lowest BCUT2D eigenvalue weighted by Gasteiger charge is -2.10. The van der Waals surface area contributed by atoms with Gasteiger partial charge in [0.1, 0.15) is 0 Å². The second-order valence-corrected chi connectivity index (χ2v) is 9.19. The Morgan fingerprint density at radius 1 is 1.16 bits per heavy atom. The molecule has 3 N–H and O–H groups in total. The first-order valence-corrected chi connectivity index (χ1v) is 9.21. The molecule has 25 heavy (non-hydrogen) atoms. The van der Waals surface area contributed by atoms with Crippen molar-refractivity contribution in [2.45, 2.75) is 79.9 Å². The van der Waals surface area contributed by atoms with Crippen LogP contribution in [0.25, 0.3) is 6.08 Å². The number of hydrogen-bond acceptors (Lipinski definition) is 3. The number of rotatable bonds is 3. The molecule has 0 aliphatic heterocycles. The molecular weight excluding hydrogens is 310 g/mol. The largest absolute Gasteiger partial charge is 0.327 e. The van der Waals surface area contributed by atoms with Crippen molar-refractivity contribution in [3.05, 3.63) is 41.5 Å². The number of benzene rings is 1. The number of hydrogen-bond donors (Lipinski definition) is 2. The molecule has 1 aliphatic rings. The van der Waals surface area contributed by atoms with E-state index >= 15 is 0 Å². The van der Waals surface area contributed by atoms with Crippen LogP contribution in [0.15, 0.2) is 35.9 Å². The molecule has 0 amide bonds. The van der Waals surface area contributed by atoms with Gasteiger partial charge in [0.25, 0.3) is 0 Å². The fourth-order valence-electron chi connectivity index (χ4n) is 1.88. The van der Waals surface area contributed by atoms with Crippen molar-refractivity contribution in [2.75, 3.05) is 0 Å². The van der Waals surface area contributed by atoms with Crippen LogP contribution in [0.2, 0.25) is 0 Å². The average molecular weight is 352 g/mol. The van der Waals surface area contributed by atoms with Crippen LogP contribution < -0.4 is 5.73 Å². The van der Waals surface area contributed by atoms with E-state index in [1.165, 1.54) is 17.6 Å². The van der Waals surface area contributed by atoms with Crippen LogP contribution in [0.5, 0.6) is 0 Å². The van der Waals surface area contributed by atoms with Gasteiger partial charge in [0.15, 0.2) is 0 Å². The molecule has 0 radical (unpaired) electrons. The van der Waals surface area contributed by atoms with E-state index in [2.05, 4.69) is 69.8 Å². The fraction of sp³-hybridized carbons (Fsp3) is 0.636. The van der Waals surface area contributed by atoms with Gasteiger partial charge in [-0.25, -0.2) is 4.89 Å². The van der Waals surface area contributed by atoms with Gasteiger partial charge in [-0.3, -0.25) is 5.26 Å². The molecule has 0 unspecified atom stereocenters. The van der Waals surface area contributed by atoms with Crippen LogP contribution in [-0.2, 0) is 4.89 Å². The van der Waals surface area contributed by atoms with Gasteiger partial charge in [-0.15, -0.1) is 0 Å². The van der Waals surface area contributed by atoms with E-state index in [1.807, 2.05) is 6.07 Å². The maximum Gasteiger partial charge on any atom is 0.0949 e. The minimum atomic E-state index is -0.403. The first kappa shape index (κ1) is 23.8.